The Morgan fingerprint density at radius 1 is 1.11 bits per heavy atom. The lowest BCUT2D eigenvalue weighted by Crippen LogP contribution is -2.55. The highest BCUT2D eigenvalue weighted by atomic mass is 16.5. The molecule has 2 aliphatic rings. The van der Waals surface area contributed by atoms with Crippen molar-refractivity contribution in [3.05, 3.63) is 35.9 Å². The molecule has 154 valence electrons. The molecule has 1 atom stereocenters. The number of rotatable bonds is 5. The molecule has 0 bridgehead atoms. The third-order valence-corrected chi connectivity index (χ3v) is 5.54. The van der Waals surface area contributed by atoms with Crippen molar-refractivity contribution in [3.8, 4) is 0 Å². The molecule has 2 aliphatic heterocycles. The summed E-state index contributed by atoms with van der Waals surface area (Å²) in [6, 6.07) is 10.1. The minimum absolute atomic E-state index is 0.115. The van der Waals surface area contributed by atoms with E-state index < -0.39 is 0 Å². The summed E-state index contributed by atoms with van der Waals surface area (Å²) in [5, 5.41) is 0. The topological polar surface area (TPSA) is 53.1 Å². The zero-order chi connectivity index (χ0) is 20.1. The van der Waals surface area contributed by atoms with E-state index in [1.807, 2.05) is 28.0 Å². The summed E-state index contributed by atoms with van der Waals surface area (Å²) >= 11 is 0. The monoisotopic (exact) mass is 387 g/mol. The van der Waals surface area contributed by atoms with E-state index in [-0.39, 0.29) is 23.5 Å². The van der Waals surface area contributed by atoms with Gasteiger partial charge in [-0.25, -0.2) is 0 Å². The standard InChI is InChI=1S/C22H33N3O3/c1-22(2,3)25(16-18-8-5-4-6-9-18)20(26)17-23-11-13-24(14-12-23)21(27)19-10-7-15-28-19/h4-6,8-9,19H,7,10-17H2,1-3H3. The van der Waals surface area contributed by atoms with Gasteiger partial charge in [0, 0.05) is 44.9 Å². The van der Waals surface area contributed by atoms with Crippen molar-refractivity contribution in [2.75, 3.05) is 39.3 Å². The SMILES string of the molecule is CC(C)(C)N(Cc1ccccc1)C(=O)CN1CCN(C(=O)C2CCCO2)CC1. The van der Waals surface area contributed by atoms with Crippen LogP contribution in [-0.2, 0) is 20.9 Å². The molecule has 2 amide bonds. The Balaban J connectivity index is 1.53. The van der Waals surface area contributed by atoms with Crippen LogP contribution in [0.15, 0.2) is 30.3 Å². The zero-order valence-electron chi connectivity index (χ0n) is 17.4. The molecule has 0 aliphatic carbocycles. The number of piperazine rings is 1. The van der Waals surface area contributed by atoms with E-state index in [0.29, 0.717) is 32.8 Å². The van der Waals surface area contributed by atoms with Gasteiger partial charge in [-0.2, -0.15) is 0 Å². The Hall–Kier alpha value is -1.92. The molecule has 2 heterocycles. The highest BCUT2D eigenvalue weighted by Crippen LogP contribution is 2.19. The molecule has 0 N–H and O–H groups in total. The summed E-state index contributed by atoms with van der Waals surface area (Å²) in [5.74, 6) is 0.249. The number of nitrogens with zero attached hydrogens (tertiary/aromatic N) is 3. The normalized spacial score (nSPS) is 21.0. The second kappa shape index (κ2) is 9.05. The lowest BCUT2D eigenvalue weighted by atomic mass is 10.0. The first-order valence-corrected chi connectivity index (χ1v) is 10.3. The molecule has 3 rings (SSSR count). The number of ether oxygens (including phenoxy) is 1. The first kappa shape index (κ1) is 20.8. The van der Waals surface area contributed by atoms with E-state index in [9.17, 15) is 9.59 Å². The van der Waals surface area contributed by atoms with Gasteiger partial charge in [-0.05, 0) is 39.2 Å². The maximum atomic E-state index is 13.1. The Labute approximate surface area is 168 Å². The Bertz CT molecular complexity index is 657. The van der Waals surface area contributed by atoms with Crippen molar-refractivity contribution >= 4 is 11.8 Å². The minimum atomic E-state index is -0.254. The van der Waals surface area contributed by atoms with Gasteiger partial charge in [0.1, 0.15) is 6.10 Å². The molecule has 28 heavy (non-hydrogen) atoms. The highest BCUT2D eigenvalue weighted by Gasteiger charge is 2.32. The van der Waals surface area contributed by atoms with E-state index in [1.54, 1.807) is 0 Å². The number of benzene rings is 1. The van der Waals surface area contributed by atoms with Gasteiger partial charge in [-0.1, -0.05) is 30.3 Å². The summed E-state index contributed by atoms with van der Waals surface area (Å²) in [6.45, 7) is 10.7. The van der Waals surface area contributed by atoms with Gasteiger partial charge < -0.3 is 14.5 Å². The molecule has 2 fully saturated rings. The van der Waals surface area contributed by atoms with Crippen LogP contribution < -0.4 is 0 Å². The number of carbonyl (C=O) groups is 2. The second-order valence-corrected chi connectivity index (χ2v) is 8.74. The van der Waals surface area contributed by atoms with E-state index in [2.05, 4.69) is 37.8 Å². The van der Waals surface area contributed by atoms with Crippen LogP contribution in [0.25, 0.3) is 0 Å². The third kappa shape index (κ3) is 5.32. The van der Waals surface area contributed by atoms with E-state index in [0.717, 1.165) is 31.5 Å². The Morgan fingerprint density at radius 3 is 2.36 bits per heavy atom. The number of carbonyl (C=O) groups excluding carboxylic acids is 2. The summed E-state index contributed by atoms with van der Waals surface area (Å²) in [7, 11) is 0. The van der Waals surface area contributed by atoms with Gasteiger partial charge in [-0.15, -0.1) is 0 Å². The lowest BCUT2D eigenvalue weighted by molar-refractivity contribution is -0.143. The number of amides is 2. The van der Waals surface area contributed by atoms with E-state index in [1.165, 1.54) is 0 Å². The first-order valence-electron chi connectivity index (χ1n) is 10.3. The fourth-order valence-electron chi connectivity index (χ4n) is 3.84. The van der Waals surface area contributed by atoms with Crippen molar-refractivity contribution in [1.82, 2.24) is 14.7 Å². The molecule has 0 spiro atoms. The quantitative estimate of drug-likeness (QED) is 0.777. The zero-order valence-corrected chi connectivity index (χ0v) is 17.4. The van der Waals surface area contributed by atoms with Gasteiger partial charge in [-0.3, -0.25) is 14.5 Å². The van der Waals surface area contributed by atoms with Gasteiger partial charge in [0.25, 0.3) is 5.91 Å². The maximum Gasteiger partial charge on any atom is 0.251 e. The number of hydrogen-bond acceptors (Lipinski definition) is 4. The van der Waals surface area contributed by atoms with Crippen LogP contribution in [0.3, 0.4) is 0 Å². The molecule has 0 aromatic heterocycles. The average Bonchev–Trinajstić information content (AvgIpc) is 3.21. The van der Waals surface area contributed by atoms with Crippen molar-refractivity contribution in [2.45, 2.75) is 51.8 Å². The van der Waals surface area contributed by atoms with Crippen molar-refractivity contribution in [1.29, 1.82) is 0 Å². The highest BCUT2D eigenvalue weighted by molar-refractivity contribution is 5.81. The second-order valence-electron chi connectivity index (χ2n) is 8.74. The summed E-state index contributed by atoms with van der Waals surface area (Å²) in [5.41, 5.74) is 0.891. The van der Waals surface area contributed by atoms with Crippen LogP contribution in [0.1, 0.15) is 39.2 Å². The smallest absolute Gasteiger partial charge is 0.251 e. The third-order valence-electron chi connectivity index (χ3n) is 5.54. The van der Waals surface area contributed by atoms with E-state index >= 15 is 0 Å². The van der Waals surface area contributed by atoms with Crippen molar-refractivity contribution < 1.29 is 14.3 Å². The maximum absolute atomic E-state index is 13.1. The Morgan fingerprint density at radius 2 is 1.79 bits per heavy atom. The lowest BCUT2D eigenvalue weighted by Gasteiger charge is -2.39. The minimum Gasteiger partial charge on any atom is -0.368 e. The van der Waals surface area contributed by atoms with Gasteiger partial charge in [0.15, 0.2) is 0 Å². The molecule has 2 saturated heterocycles. The van der Waals surface area contributed by atoms with Crippen LogP contribution in [0.4, 0.5) is 0 Å². The molecule has 6 nitrogen and oxygen atoms in total. The predicted molar refractivity (Wildman–Crippen MR) is 109 cm³/mol. The fraction of sp³-hybridized carbons (Fsp3) is 0.636. The summed E-state index contributed by atoms with van der Waals surface area (Å²) < 4.78 is 5.52. The van der Waals surface area contributed by atoms with Crippen LogP contribution in [0.2, 0.25) is 0 Å². The Kier molecular flexibility index (Phi) is 6.73. The molecular weight excluding hydrogens is 354 g/mol. The van der Waals surface area contributed by atoms with Crippen LogP contribution in [0.5, 0.6) is 0 Å². The molecule has 6 heteroatoms. The van der Waals surface area contributed by atoms with Crippen LogP contribution in [0, 0.1) is 0 Å². The first-order chi connectivity index (χ1) is 13.3. The molecule has 0 saturated carbocycles. The van der Waals surface area contributed by atoms with Gasteiger partial charge in [0.2, 0.25) is 5.91 Å². The summed E-state index contributed by atoms with van der Waals surface area (Å²) in [6.07, 6.45) is 1.54. The van der Waals surface area contributed by atoms with Crippen molar-refractivity contribution in [2.24, 2.45) is 0 Å². The molecule has 1 unspecified atom stereocenters. The van der Waals surface area contributed by atoms with Crippen molar-refractivity contribution in [3.63, 3.8) is 0 Å². The molecular formula is C22H33N3O3. The summed E-state index contributed by atoms with van der Waals surface area (Å²) in [4.78, 5) is 31.6. The van der Waals surface area contributed by atoms with Crippen LogP contribution >= 0.6 is 0 Å². The fourth-order valence-corrected chi connectivity index (χ4v) is 3.84. The largest absolute Gasteiger partial charge is 0.368 e. The molecule has 1 aromatic rings. The number of hydrogen-bond donors (Lipinski definition) is 0. The van der Waals surface area contributed by atoms with Gasteiger partial charge >= 0.3 is 0 Å². The molecule has 1 aromatic carbocycles. The average molecular weight is 388 g/mol. The van der Waals surface area contributed by atoms with Gasteiger partial charge in [0.05, 0.1) is 6.54 Å². The van der Waals surface area contributed by atoms with Crippen LogP contribution in [-0.4, -0.2) is 77.5 Å². The predicted octanol–water partition coefficient (Wildman–Crippen LogP) is 2.14. The van der Waals surface area contributed by atoms with E-state index in [4.69, 9.17) is 4.74 Å². The molecule has 0 radical (unpaired) electrons.